The summed E-state index contributed by atoms with van der Waals surface area (Å²) in [5.74, 6) is -6.24. The molecule has 0 aromatic rings. The SMILES string of the molecule is O=C(O)C(CCCP(=O)(O)O)(C(=O)O)C(=O)O.[KH]. The van der Waals surface area contributed by atoms with Gasteiger partial charge in [-0.1, -0.05) is 0 Å². The number of hydrogen-bond donors (Lipinski definition) is 5. The quantitative estimate of drug-likeness (QED) is 0.214. The van der Waals surface area contributed by atoms with Crippen molar-refractivity contribution in [3.63, 3.8) is 0 Å². The van der Waals surface area contributed by atoms with Crippen LogP contribution in [0.15, 0.2) is 0 Å². The first-order valence-corrected chi connectivity index (χ1v) is 6.08. The molecule has 9 nitrogen and oxygen atoms in total. The first-order valence-electron chi connectivity index (χ1n) is 4.29. The van der Waals surface area contributed by atoms with Crippen LogP contribution in [0.4, 0.5) is 0 Å². The van der Waals surface area contributed by atoms with Crippen LogP contribution in [-0.4, -0.2) is 101 Å². The molecule has 0 aromatic heterocycles. The third-order valence-corrected chi connectivity index (χ3v) is 3.00. The molecule has 0 amide bonds. The Bertz CT molecular complexity index is 350. The van der Waals surface area contributed by atoms with Gasteiger partial charge in [0.2, 0.25) is 0 Å². The van der Waals surface area contributed by atoms with Crippen LogP contribution in [0.2, 0.25) is 0 Å². The van der Waals surface area contributed by atoms with Crippen molar-refractivity contribution < 1.29 is 44.1 Å². The molecule has 0 saturated heterocycles. The minimum atomic E-state index is -4.42. The van der Waals surface area contributed by atoms with Crippen molar-refractivity contribution in [1.29, 1.82) is 0 Å². The third kappa shape index (κ3) is 5.45. The maximum atomic E-state index is 10.7. The van der Waals surface area contributed by atoms with Gasteiger partial charge in [0.15, 0.2) is 0 Å². The zero-order chi connectivity index (χ0) is 13.9. The molecule has 5 N–H and O–H groups in total. The van der Waals surface area contributed by atoms with Gasteiger partial charge in [-0.3, -0.25) is 18.9 Å². The molecule has 0 radical (unpaired) electrons. The number of hydrogen-bond acceptors (Lipinski definition) is 4. The molecule has 0 aromatic carbocycles. The van der Waals surface area contributed by atoms with E-state index in [9.17, 15) is 18.9 Å². The van der Waals surface area contributed by atoms with E-state index in [1.54, 1.807) is 0 Å². The molecule has 18 heavy (non-hydrogen) atoms. The summed E-state index contributed by atoms with van der Waals surface area (Å²) < 4.78 is 10.5. The fourth-order valence-electron chi connectivity index (χ4n) is 1.15. The summed E-state index contributed by atoms with van der Waals surface area (Å²) in [5, 5.41) is 25.9. The number of carboxylic acids is 3. The summed E-state index contributed by atoms with van der Waals surface area (Å²) in [6, 6.07) is 0. The Morgan fingerprint density at radius 1 is 0.944 bits per heavy atom. The standard InChI is InChI=1S/C7H11O9P.K.H/c8-4(9)7(5(10)11,6(12)13)2-1-3-17(14,15)16;;/h1-3H2,(H,8,9)(H,10,11)(H,12,13)(H2,14,15,16);;. The minimum absolute atomic E-state index is 0. The molecule has 0 atom stereocenters. The van der Waals surface area contributed by atoms with E-state index in [0.717, 1.165) is 0 Å². The molecule has 0 rings (SSSR count). The van der Waals surface area contributed by atoms with Crippen LogP contribution in [0.1, 0.15) is 12.8 Å². The van der Waals surface area contributed by atoms with E-state index < -0.39 is 49.9 Å². The normalized spacial score (nSPS) is 11.4. The second-order valence-corrected chi connectivity index (χ2v) is 5.09. The topological polar surface area (TPSA) is 169 Å². The van der Waals surface area contributed by atoms with Crippen LogP contribution in [0.3, 0.4) is 0 Å². The van der Waals surface area contributed by atoms with Gasteiger partial charge in [0.1, 0.15) is 0 Å². The molecule has 0 spiro atoms. The number of aliphatic carboxylic acids is 3. The molecule has 11 heteroatoms. The van der Waals surface area contributed by atoms with Gasteiger partial charge >= 0.3 is 76.9 Å². The maximum absolute atomic E-state index is 10.7. The van der Waals surface area contributed by atoms with Gasteiger partial charge < -0.3 is 25.1 Å². The van der Waals surface area contributed by atoms with Gasteiger partial charge in [0.05, 0.1) is 0 Å². The van der Waals surface area contributed by atoms with Crippen LogP contribution >= 0.6 is 7.60 Å². The zero-order valence-electron chi connectivity index (χ0n) is 8.44. The molecule has 0 bridgehead atoms. The second-order valence-electron chi connectivity index (χ2n) is 3.31. The van der Waals surface area contributed by atoms with Gasteiger partial charge in [0.25, 0.3) is 5.41 Å². The Labute approximate surface area is 144 Å². The molecule has 0 unspecified atom stereocenters. The van der Waals surface area contributed by atoms with E-state index in [0.29, 0.717) is 0 Å². The average molecular weight is 310 g/mol. The summed E-state index contributed by atoms with van der Waals surface area (Å²) in [7, 11) is -4.42. The third-order valence-electron chi connectivity index (χ3n) is 2.10. The molecule has 0 aliphatic heterocycles. The summed E-state index contributed by atoms with van der Waals surface area (Å²) in [6.45, 7) is 0. The van der Waals surface area contributed by atoms with E-state index in [1.165, 1.54) is 0 Å². The van der Waals surface area contributed by atoms with Crippen molar-refractivity contribution in [3.05, 3.63) is 0 Å². The fraction of sp³-hybridized carbons (Fsp3) is 0.571. The average Bonchev–Trinajstić information content (AvgIpc) is 2.08. The second kappa shape index (κ2) is 7.70. The van der Waals surface area contributed by atoms with Crippen molar-refractivity contribution in [1.82, 2.24) is 0 Å². The Morgan fingerprint density at radius 2 is 1.28 bits per heavy atom. The van der Waals surface area contributed by atoms with E-state index in [-0.39, 0.29) is 51.4 Å². The fourth-order valence-corrected chi connectivity index (χ4v) is 1.72. The van der Waals surface area contributed by atoms with Crippen molar-refractivity contribution in [2.75, 3.05) is 6.16 Å². The van der Waals surface area contributed by atoms with Gasteiger partial charge in [-0.25, -0.2) is 0 Å². The van der Waals surface area contributed by atoms with Gasteiger partial charge in [-0.05, 0) is 12.8 Å². The monoisotopic (exact) mass is 310 g/mol. The van der Waals surface area contributed by atoms with Crippen LogP contribution in [0, 0.1) is 5.41 Å². The van der Waals surface area contributed by atoms with E-state index in [2.05, 4.69) is 0 Å². The van der Waals surface area contributed by atoms with Crippen LogP contribution in [0.5, 0.6) is 0 Å². The van der Waals surface area contributed by atoms with Crippen molar-refractivity contribution >= 4 is 76.9 Å². The van der Waals surface area contributed by atoms with Crippen LogP contribution in [-0.2, 0) is 18.9 Å². The van der Waals surface area contributed by atoms with Gasteiger partial charge in [0, 0.05) is 6.16 Å². The number of carboxylic acid groups (broad SMARTS) is 3. The molecule has 0 aliphatic carbocycles. The van der Waals surface area contributed by atoms with Crippen molar-refractivity contribution in [2.45, 2.75) is 12.8 Å². The summed E-state index contributed by atoms with van der Waals surface area (Å²) >= 11 is 0. The number of carbonyl (C=O) groups is 3. The zero-order valence-corrected chi connectivity index (χ0v) is 9.33. The first-order chi connectivity index (χ1) is 7.54. The Hall–Kier alpha value is 0.196. The molecular weight excluding hydrogens is 298 g/mol. The predicted octanol–water partition coefficient (Wildman–Crippen LogP) is -1.46. The van der Waals surface area contributed by atoms with Gasteiger partial charge in [-0.15, -0.1) is 0 Å². The van der Waals surface area contributed by atoms with Gasteiger partial charge in [-0.2, -0.15) is 0 Å². The summed E-state index contributed by atoms with van der Waals surface area (Å²) in [5.41, 5.74) is -3.07. The molecule has 0 heterocycles. The Kier molecular flexibility index (Phi) is 8.78. The van der Waals surface area contributed by atoms with Crippen molar-refractivity contribution in [3.8, 4) is 0 Å². The molecule has 0 saturated carbocycles. The predicted molar refractivity (Wildman–Crippen MR) is 58.6 cm³/mol. The molecule has 0 aliphatic rings. The molecular formula is C7H12KO9P. The van der Waals surface area contributed by atoms with Crippen LogP contribution < -0.4 is 0 Å². The number of rotatable bonds is 7. The summed E-state index contributed by atoms with van der Waals surface area (Å²) in [4.78, 5) is 49.1. The van der Waals surface area contributed by atoms with Crippen molar-refractivity contribution in [2.24, 2.45) is 5.41 Å². The summed E-state index contributed by atoms with van der Waals surface area (Å²) in [6.07, 6.45) is -2.21. The van der Waals surface area contributed by atoms with Crippen LogP contribution in [0.25, 0.3) is 0 Å². The first kappa shape index (κ1) is 20.5. The van der Waals surface area contributed by atoms with E-state index in [1.807, 2.05) is 0 Å². The molecule has 0 fully saturated rings. The molecule has 100 valence electrons. The Balaban J connectivity index is 0. The van der Waals surface area contributed by atoms with E-state index in [4.69, 9.17) is 25.1 Å². The van der Waals surface area contributed by atoms with E-state index >= 15 is 0 Å². The Morgan fingerprint density at radius 3 is 1.50 bits per heavy atom.